The van der Waals surface area contributed by atoms with Crippen molar-refractivity contribution in [1.29, 1.82) is 0 Å². The van der Waals surface area contributed by atoms with Crippen LogP contribution in [0, 0.1) is 0 Å². The van der Waals surface area contributed by atoms with Crippen LogP contribution in [0.5, 0.6) is 0 Å². The van der Waals surface area contributed by atoms with E-state index in [0.717, 1.165) is 40.9 Å². The first-order valence-corrected chi connectivity index (χ1v) is 19.9. The lowest BCUT2D eigenvalue weighted by molar-refractivity contribution is 0.922. The van der Waals surface area contributed by atoms with E-state index in [4.69, 9.17) is 15.0 Å². The molecule has 0 spiro atoms. The lowest BCUT2D eigenvalue weighted by Gasteiger charge is -2.21. The number of aryl methyl sites for hydroxylation is 2. The molecule has 0 unspecified atom stereocenters. The van der Waals surface area contributed by atoms with Gasteiger partial charge in [0.1, 0.15) is 0 Å². The van der Waals surface area contributed by atoms with Crippen LogP contribution in [0.4, 0.5) is 0 Å². The highest BCUT2D eigenvalue weighted by atomic mass is 15.1. The molecule has 1 aliphatic carbocycles. The van der Waals surface area contributed by atoms with Gasteiger partial charge in [-0.15, -0.1) is 0 Å². The van der Waals surface area contributed by atoms with Crippen molar-refractivity contribution in [3.8, 4) is 56.9 Å². The van der Waals surface area contributed by atoms with Crippen molar-refractivity contribution in [2.24, 2.45) is 0 Å². The molecule has 5 heteroatoms. The van der Waals surface area contributed by atoms with E-state index < -0.39 is 0 Å². The summed E-state index contributed by atoms with van der Waals surface area (Å²) in [6, 6.07) is 66.9. The van der Waals surface area contributed by atoms with Crippen molar-refractivity contribution in [2.75, 3.05) is 0 Å². The third-order valence-corrected chi connectivity index (χ3v) is 11.9. The molecular formula is C53H35N5. The van der Waals surface area contributed by atoms with Crippen LogP contribution in [0.25, 0.3) is 100 Å². The van der Waals surface area contributed by atoms with E-state index in [1.165, 1.54) is 65.9 Å². The molecule has 3 aromatic heterocycles. The van der Waals surface area contributed by atoms with Crippen LogP contribution in [0.3, 0.4) is 0 Å². The van der Waals surface area contributed by atoms with Crippen molar-refractivity contribution in [1.82, 2.24) is 24.1 Å². The Morgan fingerprint density at radius 2 is 0.690 bits per heavy atom. The zero-order valence-corrected chi connectivity index (χ0v) is 31.5. The molecule has 58 heavy (non-hydrogen) atoms. The zero-order chi connectivity index (χ0) is 38.2. The number of nitrogens with zero attached hydrogens (tertiary/aromatic N) is 5. The van der Waals surface area contributed by atoms with Crippen LogP contribution in [0.2, 0.25) is 0 Å². The second-order valence-electron chi connectivity index (χ2n) is 15.1. The van der Waals surface area contributed by atoms with Crippen molar-refractivity contribution in [3.05, 3.63) is 199 Å². The molecule has 272 valence electrons. The molecular weight excluding hydrogens is 707 g/mol. The van der Waals surface area contributed by atoms with Crippen LogP contribution in [-0.4, -0.2) is 24.1 Å². The maximum Gasteiger partial charge on any atom is 0.164 e. The Balaban J connectivity index is 1.13. The number of hydrogen-bond donors (Lipinski definition) is 0. The van der Waals surface area contributed by atoms with Gasteiger partial charge in [0.15, 0.2) is 17.5 Å². The lowest BCUT2D eigenvalue weighted by Crippen LogP contribution is -2.09. The van der Waals surface area contributed by atoms with Gasteiger partial charge in [0, 0.05) is 49.6 Å². The summed E-state index contributed by atoms with van der Waals surface area (Å²) < 4.78 is 5.07. The molecule has 8 aromatic carbocycles. The van der Waals surface area contributed by atoms with E-state index in [2.05, 4.69) is 137 Å². The molecule has 0 radical (unpaired) electrons. The lowest BCUT2D eigenvalue weighted by atomic mass is 9.91. The Bertz CT molecular complexity index is 3310. The second-order valence-corrected chi connectivity index (χ2v) is 15.1. The standard InChI is InChI=1S/C53H35N5/c1-4-16-36(17-5-1)51-54-52(37-18-6-2-7-19-37)56-53(55-51)38-24-28-40(29-25-38)58-48-42-23-13-11-15-35(42)27-31-44(48)46-33-32-45-43-30-26-34-14-10-12-22-41(34)47(43)57(49(45)50(46)58)39-20-8-3-9-21-39/h1-31H,32-33H2. The van der Waals surface area contributed by atoms with Gasteiger partial charge in [0.2, 0.25) is 0 Å². The maximum atomic E-state index is 5.04. The summed E-state index contributed by atoms with van der Waals surface area (Å²) in [4.78, 5) is 15.0. The van der Waals surface area contributed by atoms with E-state index in [1.807, 2.05) is 60.7 Å². The van der Waals surface area contributed by atoms with Gasteiger partial charge < -0.3 is 9.13 Å². The summed E-state index contributed by atoms with van der Waals surface area (Å²) in [6.07, 6.45) is 1.92. The minimum absolute atomic E-state index is 0.641. The first kappa shape index (κ1) is 32.6. The fourth-order valence-electron chi connectivity index (χ4n) is 9.27. The molecule has 1 aliphatic rings. The van der Waals surface area contributed by atoms with Crippen LogP contribution < -0.4 is 0 Å². The summed E-state index contributed by atoms with van der Waals surface area (Å²) in [5.41, 5.74) is 12.9. The Morgan fingerprint density at radius 1 is 0.310 bits per heavy atom. The van der Waals surface area contributed by atoms with Crippen LogP contribution in [0.15, 0.2) is 188 Å². The second kappa shape index (κ2) is 13.0. The summed E-state index contributed by atoms with van der Waals surface area (Å²) in [5.74, 6) is 1.95. The summed E-state index contributed by atoms with van der Waals surface area (Å²) >= 11 is 0. The van der Waals surface area contributed by atoms with Gasteiger partial charge in [-0.05, 0) is 71.1 Å². The number of rotatable bonds is 5. The van der Waals surface area contributed by atoms with Crippen molar-refractivity contribution >= 4 is 43.4 Å². The average molecular weight is 742 g/mol. The third-order valence-electron chi connectivity index (χ3n) is 11.9. The minimum Gasteiger partial charge on any atom is -0.307 e. The molecule has 0 bridgehead atoms. The van der Waals surface area contributed by atoms with Crippen LogP contribution in [0.1, 0.15) is 11.1 Å². The maximum absolute atomic E-state index is 5.04. The molecule has 0 aliphatic heterocycles. The summed E-state index contributed by atoms with van der Waals surface area (Å²) in [6.45, 7) is 0. The Hall–Kier alpha value is -7.63. The van der Waals surface area contributed by atoms with E-state index in [-0.39, 0.29) is 0 Å². The fourth-order valence-corrected chi connectivity index (χ4v) is 9.27. The van der Waals surface area contributed by atoms with Crippen LogP contribution >= 0.6 is 0 Å². The molecule has 0 N–H and O–H groups in total. The first-order chi connectivity index (χ1) is 28.8. The van der Waals surface area contributed by atoms with Gasteiger partial charge in [0.05, 0.1) is 22.4 Å². The topological polar surface area (TPSA) is 48.5 Å². The molecule has 0 fully saturated rings. The van der Waals surface area contributed by atoms with Crippen molar-refractivity contribution < 1.29 is 0 Å². The average Bonchev–Trinajstić information content (AvgIpc) is 3.84. The molecule has 0 saturated heterocycles. The molecule has 0 saturated carbocycles. The van der Waals surface area contributed by atoms with E-state index >= 15 is 0 Å². The quantitative estimate of drug-likeness (QED) is 0.176. The Kier molecular flexibility index (Phi) is 7.29. The van der Waals surface area contributed by atoms with E-state index in [9.17, 15) is 0 Å². The molecule has 0 amide bonds. The largest absolute Gasteiger partial charge is 0.307 e. The number of para-hydroxylation sites is 1. The smallest absolute Gasteiger partial charge is 0.164 e. The summed E-state index contributed by atoms with van der Waals surface area (Å²) in [5, 5.41) is 7.59. The number of aromatic nitrogens is 5. The highest BCUT2D eigenvalue weighted by Crippen LogP contribution is 2.49. The highest BCUT2D eigenvalue weighted by molar-refractivity contribution is 6.14. The SMILES string of the molecule is c1ccc(-c2nc(-c3ccccc3)nc(-c3ccc(-n4c5c(c6ccc7ccccc7c64)CCc4c-5n(-c5ccccc5)c5c4ccc4ccccc45)cc3)n2)cc1. The highest BCUT2D eigenvalue weighted by Gasteiger charge is 2.32. The number of fused-ring (bicyclic) bond motifs is 11. The predicted molar refractivity (Wildman–Crippen MR) is 238 cm³/mol. The molecule has 5 nitrogen and oxygen atoms in total. The monoisotopic (exact) mass is 741 g/mol. The van der Waals surface area contributed by atoms with Crippen molar-refractivity contribution in [3.63, 3.8) is 0 Å². The normalized spacial score (nSPS) is 12.3. The Morgan fingerprint density at radius 3 is 1.16 bits per heavy atom. The third kappa shape index (κ3) is 5.00. The molecule has 11 aromatic rings. The van der Waals surface area contributed by atoms with Gasteiger partial charge >= 0.3 is 0 Å². The van der Waals surface area contributed by atoms with Gasteiger partial charge in [-0.2, -0.15) is 0 Å². The van der Waals surface area contributed by atoms with E-state index in [1.54, 1.807) is 0 Å². The fraction of sp³-hybridized carbons (Fsp3) is 0.0377. The van der Waals surface area contributed by atoms with Crippen molar-refractivity contribution in [2.45, 2.75) is 12.8 Å². The summed E-state index contributed by atoms with van der Waals surface area (Å²) in [7, 11) is 0. The van der Waals surface area contributed by atoms with Gasteiger partial charge in [-0.25, -0.2) is 15.0 Å². The Labute approximate surface area is 335 Å². The molecule has 0 atom stereocenters. The van der Waals surface area contributed by atoms with Gasteiger partial charge in [0.25, 0.3) is 0 Å². The number of benzene rings is 8. The first-order valence-electron chi connectivity index (χ1n) is 19.9. The molecule has 12 rings (SSSR count). The predicted octanol–water partition coefficient (Wildman–Crippen LogP) is 12.8. The van der Waals surface area contributed by atoms with Gasteiger partial charge in [-0.1, -0.05) is 152 Å². The zero-order valence-electron chi connectivity index (χ0n) is 31.5. The van der Waals surface area contributed by atoms with Gasteiger partial charge in [-0.3, -0.25) is 0 Å². The van der Waals surface area contributed by atoms with Crippen LogP contribution in [-0.2, 0) is 12.8 Å². The number of hydrogen-bond acceptors (Lipinski definition) is 3. The molecule has 3 heterocycles. The minimum atomic E-state index is 0.641. The van der Waals surface area contributed by atoms with E-state index in [0.29, 0.717) is 17.5 Å².